The smallest absolute Gasteiger partial charge is 0.380 e. The molecule has 0 saturated carbocycles. The molecule has 1 aromatic carbocycles. The number of carbonyl (C=O) groups is 1. The van der Waals surface area contributed by atoms with E-state index in [1.54, 1.807) is 30.3 Å². The van der Waals surface area contributed by atoms with Crippen molar-refractivity contribution in [3.05, 3.63) is 35.9 Å². The second-order valence-electron chi connectivity index (χ2n) is 4.65. The van der Waals surface area contributed by atoms with Gasteiger partial charge in [0.1, 0.15) is 6.04 Å². The lowest BCUT2D eigenvalue weighted by Crippen LogP contribution is -2.48. The molecule has 0 spiro atoms. The molecule has 0 radical (unpaired) electrons. The Morgan fingerprint density at radius 3 is 2.43 bits per heavy atom. The fourth-order valence-corrected chi connectivity index (χ4v) is 1.82. The van der Waals surface area contributed by atoms with Crippen LogP contribution in [0.15, 0.2) is 30.3 Å². The highest BCUT2D eigenvalue weighted by Crippen LogP contribution is 2.23. The van der Waals surface area contributed by atoms with Crippen LogP contribution in [-0.2, 0) is 16.0 Å². The summed E-state index contributed by atoms with van der Waals surface area (Å²) >= 11 is 0. The lowest BCUT2D eigenvalue weighted by Gasteiger charge is -2.23. The molecular formula is C14H19F3N2O2. The van der Waals surface area contributed by atoms with Crippen LogP contribution in [0.5, 0.6) is 0 Å². The van der Waals surface area contributed by atoms with Gasteiger partial charge < -0.3 is 15.8 Å². The van der Waals surface area contributed by atoms with E-state index in [1.807, 2.05) is 5.32 Å². The van der Waals surface area contributed by atoms with Gasteiger partial charge in [-0.05, 0) is 5.56 Å². The molecule has 1 aromatic rings. The Hall–Kier alpha value is -1.60. The molecule has 7 heteroatoms. The molecule has 0 bridgehead atoms. The molecule has 4 nitrogen and oxygen atoms in total. The second kappa shape index (κ2) is 7.99. The number of benzene rings is 1. The molecule has 1 rings (SSSR count). The fraction of sp³-hybridized carbons (Fsp3) is 0.500. The summed E-state index contributed by atoms with van der Waals surface area (Å²) in [5.41, 5.74) is 5.85. The first-order valence-corrected chi connectivity index (χ1v) is 6.49. The van der Waals surface area contributed by atoms with Gasteiger partial charge in [0.25, 0.3) is 0 Å². The molecule has 0 heterocycles. The van der Waals surface area contributed by atoms with E-state index >= 15 is 0 Å². The zero-order chi connectivity index (χ0) is 15.9. The van der Waals surface area contributed by atoms with Crippen molar-refractivity contribution < 1.29 is 22.7 Å². The Bertz CT molecular complexity index is 434. The highest BCUT2D eigenvalue weighted by Gasteiger charge is 2.40. The maximum atomic E-state index is 13.0. The normalized spacial score (nSPS) is 14.5. The third kappa shape index (κ3) is 6.14. The van der Waals surface area contributed by atoms with Crippen molar-refractivity contribution in [2.75, 3.05) is 13.7 Å². The molecule has 0 saturated heterocycles. The summed E-state index contributed by atoms with van der Waals surface area (Å²) in [6.07, 6.45) is -5.61. The number of hydrogen-bond acceptors (Lipinski definition) is 3. The van der Waals surface area contributed by atoms with Gasteiger partial charge in [-0.25, -0.2) is 0 Å². The minimum atomic E-state index is -4.52. The van der Waals surface area contributed by atoms with E-state index in [0.29, 0.717) is 5.56 Å². The van der Waals surface area contributed by atoms with Crippen LogP contribution >= 0.6 is 0 Å². The number of halogens is 3. The van der Waals surface area contributed by atoms with Gasteiger partial charge in [-0.1, -0.05) is 30.3 Å². The average molecular weight is 304 g/mol. The Balaban J connectivity index is 2.69. The average Bonchev–Trinajstić information content (AvgIpc) is 2.44. The summed E-state index contributed by atoms with van der Waals surface area (Å²) in [6, 6.07) is 6.27. The van der Waals surface area contributed by atoms with Crippen LogP contribution in [0, 0.1) is 0 Å². The van der Waals surface area contributed by atoms with Gasteiger partial charge in [0.2, 0.25) is 5.91 Å². The number of amides is 1. The van der Waals surface area contributed by atoms with Crippen molar-refractivity contribution in [1.29, 1.82) is 0 Å². The van der Waals surface area contributed by atoms with E-state index in [1.165, 1.54) is 7.11 Å². The Morgan fingerprint density at radius 1 is 1.33 bits per heavy atom. The maximum Gasteiger partial charge on any atom is 0.408 e. The lowest BCUT2D eigenvalue weighted by atomic mass is 10.1. The number of nitrogens with one attached hydrogen (secondary N) is 1. The number of nitrogens with two attached hydrogens (primary N) is 1. The van der Waals surface area contributed by atoms with Gasteiger partial charge in [-0.15, -0.1) is 0 Å². The number of ether oxygens (including phenoxy) is 1. The monoisotopic (exact) mass is 304 g/mol. The number of methoxy groups -OCH3 is 1. The predicted octanol–water partition coefficient (Wildman–Crippen LogP) is 1.64. The van der Waals surface area contributed by atoms with Gasteiger partial charge in [-0.3, -0.25) is 4.79 Å². The first kappa shape index (κ1) is 17.5. The van der Waals surface area contributed by atoms with Crippen LogP contribution in [0.2, 0.25) is 0 Å². The van der Waals surface area contributed by atoms with E-state index in [0.717, 1.165) is 0 Å². The molecule has 3 N–H and O–H groups in total. The molecule has 21 heavy (non-hydrogen) atoms. The molecule has 0 aliphatic heterocycles. The minimum Gasteiger partial charge on any atom is -0.380 e. The second-order valence-corrected chi connectivity index (χ2v) is 4.65. The SMILES string of the molecule is COC(CN)CC(=O)NC(Cc1ccccc1)C(F)(F)F. The Morgan fingerprint density at radius 2 is 1.95 bits per heavy atom. The van der Waals surface area contributed by atoms with Gasteiger partial charge in [0, 0.05) is 20.1 Å². The number of rotatable bonds is 7. The maximum absolute atomic E-state index is 13.0. The van der Waals surface area contributed by atoms with Crippen molar-refractivity contribution in [2.45, 2.75) is 31.2 Å². The summed E-state index contributed by atoms with van der Waals surface area (Å²) in [7, 11) is 1.36. The molecule has 118 valence electrons. The van der Waals surface area contributed by atoms with Crippen LogP contribution in [0.1, 0.15) is 12.0 Å². The third-order valence-electron chi connectivity index (χ3n) is 3.02. The predicted molar refractivity (Wildman–Crippen MR) is 72.6 cm³/mol. The first-order chi connectivity index (χ1) is 9.86. The summed E-state index contributed by atoms with van der Waals surface area (Å²) in [5, 5.41) is 2.01. The molecule has 0 aliphatic carbocycles. The number of hydrogen-bond donors (Lipinski definition) is 2. The third-order valence-corrected chi connectivity index (χ3v) is 3.02. The zero-order valence-corrected chi connectivity index (χ0v) is 11.7. The van der Waals surface area contributed by atoms with Crippen LogP contribution in [-0.4, -0.2) is 37.9 Å². The molecule has 0 aliphatic rings. The zero-order valence-electron chi connectivity index (χ0n) is 11.7. The summed E-state index contributed by atoms with van der Waals surface area (Å²) in [4.78, 5) is 11.7. The highest BCUT2D eigenvalue weighted by molar-refractivity contribution is 5.77. The van der Waals surface area contributed by atoms with Crippen molar-refractivity contribution in [3.8, 4) is 0 Å². The Kier molecular flexibility index (Phi) is 6.64. The van der Waals surface area contributed by atoms with Crippen molar-refractivity contribution in [3.63, 3.8) is 0 Å². The molecule has 0 fully saturated rings. The molecule has 2 unspecified atom stereocenters. The number of alkyl halides is 3. The first-order valence-electron chi connectivity index (χ1n) is 6.49. The van der Waals surface area contributed by atoms with E-state index in [4.69, 9.17) is 10.5 Å². The molecule has 2 atom stereocenters. The quantitative estimate of drug-likeness (QED) is 0.805. The summed E-state index contributed by atoms with van der Waals surface area (Å²) in [6.45, 7) is 0.0687. The standard InChI is InChI=1S/C14H19F3N2O2/c1-21-11(9-18)8-13(20)19-12(14(15,16)17)7-10-5-3-2-4-6-10/h2-6,11-12H,7-9,18H2,1H3,(H,19,20). The van der Waals surface area contributed by atoms with Gasteiger partial charge in [0.05, 0.1) is 12.5 Å². The van der Waals surface area contributed by atoms with Crippen molar-refractivity contribution in [1.82, 2.24) is 5.32 Å². The van der Waals surface area contributed by atoms with E-state index in [-0.39, 0.29) is 19.4 Å². The molecular weight excluding hydrogens is 285 g/mol. The lowest BCUT2D eigenvalue weighted by molar-refractivity contribution is -0.162. The molecule has 1 amide bonds. The largest absolute Gasteiger partial charge is 0.408 e. The van der Waals surface area contributed by atoms with Gasteiger partial charge in [0.15, 0.2) is 0 Å². The van der Waals surface area contributed by atoms with Crippen molar-refractivity contribution in [2.24, 2.45) is 5.73 Å². The topological polar surface area (TPSA) is 64.3 Å². The van der Waals surface area contributed by atoms with Crippen molar-refractivity contribution >= 4 is 5.91 Å². The number of carbonyl (C=O) groups excluding carboxylic acids is 1. The summed E-state index contributed by atoms with van der Waals surface area (Å²) in [5.74, 6) is -0.731. The van der Waals surface area contributed by atoms with Crippen LogP contribution in [0.25, 0.3) is 0 Å². The minimum absolute atomic E-state index is 0.0687. The van der Waals surface area contributed by atoms with Crippen LogP contribution in [0.4, 0.5) is 13.2 Å². The van der Waals surface area contributed by atoms with E-state index < -0.39 is 24.2 Å². The summed E-state index contributed by atoms with van der Waals surface area (Å²) < 4.78 is 43.9. The Labute approximate surface area is 121 Å². The van der Waals surface area contributed by atoms with Gasteiger partial charge in [-0.2, -0.15) is 13.2 Å². The highest BCUT2D eigenvalue weighted by atomic mass is 19.4. The van der Waals surface area contributed by atoms with Crippen LogP contribution < -0.4 is 11.1 Å². The van der Waals surface area contributed by atoms with Gasteiger partial charge >= 0.3 is 6.18 Å². The van der Waals surface area contributed by atoms with Crippen LogP contribution in [0.3, 0.4) is 0 Å². The fourth-order valence-electron chi connectivity index (χ4n) is 1.82. The van der Waals surface area contributed by atoms with E-state index in [9.17, 15) is 18.0 Å². The van der Waals surface area contributed by atoms with E-state index in [2.05, 4.69) is 0 Å². The molecule has 0 aromatic heterocycles.